The Morgan fingerprint density at radius 1 is 1.42 bits per heavy atom. The fourth-order valence-corrected chi connectivity index (χ4v) is 1.45. The van der Waals surface area contributed by atoms with E-state index in [0.717, 1.165) is 12.8 Å². The molecule has 1 saturated heterocycles. The number of hydrogen-bond acceptors (Lipinski definition) is 3. The van der Waals surface area contributed by atoms with E-state index in [1.807, 2.05) is 0 Å². The maximum Gasteiger partial charge on any atom is 0.332 e. The van der Waals surface area contributed by atoms with E-state index in [1.165, 1.54) is 0 Å². The summed E-state index contributed by atoms with van der Waals surface area (Å²) in [5.74, 6) is -1.26. The number of rotatable bonds is 2. The Morgan fingerprint density at radius 2 is 2.17 bits per heavy atom. The lowest BCUT2D eigenvalue weighted by atomic mass is 9.94. The number of aliphatic hydroxyl groups excluding tert-OH is 1. The summed E-state index contributed by atoms with van der Waals surface area (Å²) in [5.41, 5.74) is 0. The van der Waals surface area contributed by atoms with Crippen molar-refractivity contribution in [2.75, 3.05) is 13.2 Å². The minimum absolute atomic E-state index is 0.134. The van der Waals surface area contributed by atoms with Crippen molar-refractivity contribution in [3.63, 3.8) is 0 Å². The maximum absolute atomic E-state index is 10.4. The summed E-state index contributed by atoms with van der Waals surface area (Å²) >= 11 is 0. The summed E-state index contributed by atoms with van der Waals surface area (Å²) in [5, 5.41) is 17.8. The lowest BCUT2D eigenvalue weighted by Crippen LogP contribution is -2.29. The van der Waals surface area contributed by atoms with E-state index in [0.29, 0.717) is 19.6 Å². The topological polar surface area (TPSA) is 66.8 Å². The molecule has 0 aliphatic carbocycles. The number of aliphatic hydroxyl groups is 1. The van der Waals surface area contributed by atoms with Crippen molar-refractivity contribution < 1.29 is 19.7 Å². The first-order valence-corrected chi connectivity index (χ1v) is 4.20. The number of carbonyl (C=O) groups is 1. The Kier molecular flexibility index (Phi) is 3.49. The van der Waals surface area contributed by atoms with Gasteiger partial charge in [-0.25, -0.2) is 4.79 Å². The van der Waals surface area contributed by atoms with E-state index in [-0.39, 0.29) is 5.92 Å². The van der Waals surface area contributed by atoms with Crippen molar-refractivity contribution in [3.8, 4) is 0 Å². The number of ether oxygens (including phenoxy) is 1. The lowest BCUT2D eigenvalue weighted by molar-refractivity contribution is -0.149. The van der Waals surface area contributed by atoms with Crippen molar-refractivity contribution in [2.24, 2.45) is 5.92 Å². The zero-order chi connectivity index (χ0) is 8.97. The smallest absolute Gasteiger partial charge is 0.332 e. The van der Waals surface area contributed by atoms with Crippen molar-refractivity contribution in [2.45, 2.75) is 25.4 Å². The van der Waals surface area contributed by atoms with E-state index in [1.54, 1.807) is 0 Å². The van der Waals surface area contributed by atoms with Gasteiger partial charge in [-0.15, -0.1) is 0 Å². The van der Waals surface area contributed by atoms with Gasteiger partial charge in [0.25, 0.3) is 0 Å². The predicted octanol–water partition coefficient (Wildman–Crippen LogP) is 0.249. The van der Waals surface area contributed by atoms with Gasteiger partial charge in [-0.2, -0.15) is 0 Å². The molecule has 0 aromatic heterocycles. The molecular weight excluding hydrogens is 160 g/mol. The highest BCUT2D eigenvalue weighted by molar-refractivity contribution is 5.72. The quantitative estimate of drug-likeness (QED) is 0.629. The molecule has 4 heteroatoms. The van der Waals surface area contributed by atoms with Gasteiger partial charge in [0.1, 0.15) is 0 Å². The Morgan fingerprint density at radius 3 is 2.83 bits per heavy atom. The third-order valence-electron chi connectivity index (χ3n) is 2.20. The Hall–Kier alpha value is -0.610. The fraction of sp³-hybridized carbons (Fsp3) is 0.875. The van der Waals surface area contributed by atoms with Crippen LogP contribution < -0.4 is 0 Å². The van der Waals surface area contributed by atoms with Crippen LogP contribution in [-0.4, -0.2) is 35.5 Å². The molecule has 0 amide bonds. The normalized spacial score (nSPS) is 27.6. The first-order valence-electron chi connectivity index (χ1n) is 4.20. The van der Waals surface area contributed by atoms with E-state index in [2.05, 4.69) is 0 Å². The number of hydrogen-bond donors (Lipinski definition) is 2. The van der Waals surface area contributed by atoms with Crippen LogP contribution in [0.1, 0.15) is 19.3 Å². The first-order chi connectivity index (χ1) is 5.72. The number of carboxylic acids is 1. The molecule has 1 heterocycles. The average Bonchev–Trinajstić information content (AvgIpc) is 2.30. The van der Waals surface area contributed by atoms with E-state index >= 15 is 0 Å². The van der Waals surface area contributed by atoms with Crippen LogP contribution in [0.5, 0.6) is 0 Å². The summed E-state index contributed by atoms with van der Waals surface area (Å²) in [7, 11) is 0. The Bertz CT molecular complexity index is 149. The van der Waals surface area contributed by atoms with Crippen LogP contribution in [0.2, 0.25) is 0 Å². The van der Waals surface area contributed by atoms with Crippen LogP contribution in [-0.2, 0) is 9.53 Å². The summed E-state index contributed by atoms with van der Waals surface area (Å²) < 4.78 is 5.15. The largest absolute Gasteiger partial charge is 0.479 e. The van der Waals surface area contributed by atoms with Crippen molar-refractivity contribution >= 4 is 5.97 Å². The molecule has 4 nitrogen and oxygen atoms in total. The van der Waals surface area contributed by atoms with Crippen molar-refractivity contribution in [1.82, 2.24) is 0 Å². The van der Waals surface area contributed by atoms with Crippen LogP contribution >= 0.6 is 0 Å². The predicted molar refractivity (Wildman–Crippen MR) is 41.8 cm³/mol. The zero-order valence-corrected chi connectivity index (χ0v) is 6.90. The fourth-order valence-electron chi connectivity index (χ4n) is 1.45. The number of carboxylic acid groups (broad SMARTS) is 1. The van der Waals surface area contributed by atoms with Crippen LogP contribution in [0.3, 0.4) is 0 Å². The van der Waals surface area contributed by atoms with Gasteiger partial charge in [-0.05, 0) is 25.2 Å². The molecular formula is C8H14O4. The van der Waals surface area contributed by atoms with Crippen LogP contribution in [0.25, 0.3) is 0 Å². The van der Waals surface area contributed by atoms with Crippen LogP contribution in [0.4, 0.5) is 0 Å². The molecule has 2 N–H and O–H groups in total. The van der Waals surface area contributed by atoms with Crippen molar-refractivity contribution in [3.05, 3.63) is 0 Å². The van der Waals surface area contributed by atoms with Gasteiger partial charge in [0.05, 0.1) is 0 Å². The monoisotopic (exact) mass is 174 g/mol. The third-order valence-corrected chi connectivity index (χ3v) is 2.20. The third kappa shape index (κ3) is 2.46. The standard InChI is InChI=1S/C8H14O4/c9-7(8(10)11)6-2-1-4-12-5-3-6/h6-7,9H,1-5H2,(H,10,11). The molecule has 0 aromatic rings. The first kappa shape index (κ1) is 9.48. The van der Waals surface area contributed by atoms with E-state index in [4.69, 9.17) is 9.84 Å². The van der Waals surface area contributed by atoms with Gasteiger partial charge in [-0.3, -0.25) is 0 Å². The second kappa shape index (κ2) is 4.42. The molecule has 0 bridgehead atoms. The molecule has 2 unspecified atom stereocenters. The highest BCUT2D eigenvalue weighted by Crippen LogP contribution is 2.19. The molecule has 1 rings (SSSR count). The molecule has 1 aliphatic heterocycles. The summed E-state index contributed by atoms with van der Waals surface area (Å²) in [6, 6.07) is 0. The molecule has 0 spiro atoms. The maximum atomic E-state index is 10.4. The summed E-state index contributed by atoms with van der Waals surface area (Å²) in [4.78, 5) is 10.4. The minimum atomic E-state index is -1.22. The molecule has 0 radical (unpaired) electrons. The second-order valence-corrected chi connectivity index (χ2v) is 3.09. The Labute approximate surface area is 71.2 Å². The van der Waals surface area contributed by atoms with Crippen LogP contribution in [0, 0.1) is 5.92 Å². The van der Waals surface area contributed by atoms with Crippen LogP contribution in [0.15, 0.2) is 0 Å². The van der Waals surface area contributed by atoms with Crippen molar-refractivity contribution in [1.29, 1.82) is 0 Å². The van der Waals surface area contributed by atoms with Gasteiger partial charge in [0.15, 0.2) is 6.10 Å². The molecule has 12 heavy (non-hydrogen) atoms. The molecule has 1 fully saturated rings. The highest BCUT2D eigenvalue weighted by atomic mass is 16.5. The highest BCUT2D eigenvalue weighted by Gasteiger charge is 2.26. The minimum Gasteiger partial charge on any atom is -0.479 e. The molecule has 2 atom stereocenters. The van der Waals surface area contributed by atoms with Gasteiger partial charge < -0.3 is 14.9 Å². The van der Waals surface area contributed by atoms with Gasteiger partial charge >= 0.3 is 5.97 Å². The number of aliphatic carboxylic acids is 1. The summed E-state index contributed by atoms with van der Waals surface area (Å²) in [6.45, 7) is 1.25. The summed E-state index contributed by atoms with van der Waals surface area (Å²) in [6.07, 6.45) is 1.02. The second-order valence-electron chi connectivity index (χ2n) is 3.09. The molecule has 70 valence electrons. The van der Waals surface area contributed by atoms with E-state index < -0.39 is 12.1 Å². The lowest BCUT2D eigenvalue weighted by Gasteiger charge is -2.15. The SMILES string of the molecule is O=C(O)C(O)C1CCCOCC1. The molecule has 0 saturated carbocycles. The average molecular weight is 174 g/mol. The van der Waals surface area contributed by atoms with Gasteiger partial charge in [0, 0.05) is 13.2 Å². The van der Waals surface area contributed by atoms with Gasteiger partial charge in [0.2, 0.25) is 0 Å². The molecule has 1 aliphatic rings. The Balaban J connectivity index is 2.42. The molecule has 0 aromatic carbocycles. The van der Waals surface area contributed by atoms with Gasteiger partial charge in [-0.1, -0.05) is 0 Å². The van der Waals surface area contributed by atoms with E-state index in [9.17, 15) is 9.90 Å². The zero-order valence-electron chi connectivity index (χ0n) is 6.90.